The van der Waals surface area contributed by atoms with Crippen LogP contribution in [0.15, 0.2) is 41.8 Å². The summed E-state index contributed by atoms with van der Waals surface area (Å²) in [5.74, 6) is 0.897. The standard InChI is InChI=1S/C40H63N9O7/c1-4-18-48-38(51)33-30-43-39(46-37(33)49(48)35-12-7-11-34(45-35)40(2,3)52)44-32-13-20-47(21-14-32)19-8-16-42-36(50)15-22-53-24-26-55-28-29-56-27-25-54-23-17-41-31-9-5-6-10-31/h4,7,11-12,30-32,41,52H,1,5-6,8-10,13-29H2,2-3H3,(H,42,50)(H,43,44,46). The molecule has 56 heavy (non-hydrogen) atoms. The van der Waals surface area contributed by atoms with Crippen molar-refractivity contribution in [1.29, 1.82) is 0 Å². The van der Waals surface area contributed by atoms with Crippen molar-refractivity contribution >= 4 is 22.9 Å². The fourth-order valence-electron chi connectivity index (χ4n) is 6.99. The van der Waals surface area contributed by atoms with Gasteiger partial charge >= 0.3 is 0 Å². The van der Waals surface area contributed by atoms with E-state index in [2.05, 4.69) is 37.4 Å². The minimum atomic E-state index is -1.15. The van der Waals surface area contributed by atoms with Crippen LogP contribution in [0.1, 0.15) is 70.9 Å². The van der Waals surface area contributed by atoms with Gasteiger partial charge in [0.15, 0.2) is 11.5 Å². The van der Waals surface area contributed by atoms with Gasteiger partial charge in [-0.05, 0) is 64.6 Å². The molecule has 3 aromatic rings. The molecule has 2 fully saturated rings. The fourth-order valence-corrected chi connectivity index (χ4v) is 6.99. The second-order valence-electron chi connectivity index (χ2n) is 15.0. The van der Waals surface area contributed by atoms with Gasteiger partial charge in [-0.15, -0.1) is 6.58 Å². The van der Waals surface area contributed by atoms with Gasteiger partial charge in [0.25, 0.3) is 5.56 Å². The number of likely N-dealkylation sites (tertiary alicyclic amines) is 1. The molecular formula is C40H63N9O7. The number of nitrogens with zero attached hydrogens (tertiary/aromatic N) is 6. The molecule has 1 saturated heterocycles. The number of carbonyl (C=O) groups excluding carboxylic acids is 1. The Kier molecular flexibility index (Phi) is 17.7. The third-order valence-electron chi connectivity index (χ3n) is 10.1. The Bertz CT molecular complexity index is 1700. The number of fused-ring (bicyclic) bond motifs is 1. The van der Waals surface area contributed by atoms with Gasteiger partial charge in [-0.3, -0.25) is 9.59 Å². The molecule has 1 aliphatic heterocycles. The molecule has 0 aromatic carbocycles. The summed E-state index contributed by atoms with van der Waals surface area (Å²) < 4.78 is 25.4. The number of anilines is 1. The van der Waals surface area contributed by atoms with Crippen molar-refractivity contribution in [3.63, 3.8) is 0 Å². The van der Waals surface area contributed by atoms with E-state index in [1.807, 2.05) is 0 Å². The lowest BCUT2D eigenvalue weighted by atomic mass is 10.1. The molecular weight excluding hydrogens is 718 g/mol. The first kappa shape index (κ1) is 43.4. The highest BCUT2D eigenvalue weighted by Gasteiger charge is 2.24. The van der Waals surface area contributed by atoms with Crippen molar-refractivity contribution in [3.8, 4) is 5.82 Å². The Hall–Kier alpha value is -3.77. The number of pyridine rings is 1. The summed E-state index contributed by atoms with van der Waals surface area (Å²) in [7, 11) is 0. The highest BCUT2D eigenvalue weighted by molar-refractivity contribution is 5.76. The van der Waals surface area contributed by atoms with E-state index in [9.17, 15) is 14.7 Å². The lowest BCUT2D eigenvalue weighted by Gasteiger charge is -2.32. The molecule has 1 aliphatic carbocycles. The molecule has 3 aromatic heterocycles. The third-order valence-corrected chi connectivity index (χ3v) is 10.1. The third kappa shape index (κ3) is 13.7. The first-order valence-electron chi connectivity index (χ1n) is 20.3. The molecule has 4 N–H and O–H groups in total. The Labute approximate surface area is 330 Å². The minimum absolute atomic E-state index is 0.0123. The van der Waals surface area contributed by atoms with Crippen molar-refractivity contribution < 1.29 is 28.8 Å². The number of allylic oxidation sites excluding steroid dienone is 1. The second kappa shape index (κ2) is 22.8. The zero-order valence-electron chi connectivity index (χ0n) is 33.4. The van der Waals surface area contributed by atoms with Crippen LogP contribution in [0.25, 0.3) is 16.9 Å². The predicted molar refractivity (Wildman–Crippen MR) is 215 cm³/mol. The maximum absolute atomic E-state index is 13.3. The summed E-state index contributed by atoms with van der Waals surface area (Å²) in [4.78, 5) is 41.9. The maximum atomic E-state index is 13.3. The summed E-state index contributed by atoms with van der Waals surface area (Å²) >= 11 is 0. The number of aromatic nitrogens is 5. The lowest BCUT2D eigenvalue weighted by molar-refractivity contribution is -0.122. The maximum Gasteiger partial charge on any atom is 0.278 e. The average Bonchev–Trinajstić information content (AvgIpc) is 3.81. The van der Waals surface area contributed by atoms with Gasteiger partial charge < -0.3 is 44.9 Å². The molecule has 1 saturated carbocycles. The topological polar surface area (TPSA) is 179 Å². The molecule has 0 atom stereocenters. The summed E-state index contributed by atoms with van der Waals surface area (Å²) in [5.41, 5.74) is -0.487. The number of ether oxygens (including phenoxy) is 4. The molecule has 0 radical (unpaired) electrons. The van der Waals surface area contributed by atoms with E-state index < -0.39 is 5.60 Å². The Morgan fingerprint density at radius 2 is 1.61 bits per heavy atom. The van der Waals surface area contributed by atoms with Gasteiger partial charge in [0.05, 0.1) is 65.1 Å². The zero-order valence-corrected chi connectivity index (χ0v) is 33.4. The second-order valence-corrected chi connectivity index (χ2v) is 15.0. The van der Waals surface area contributed by atoms with Crippen LogP contribution < -0.4 is 21.5 Å². The van der Waals surface area contributed by atoms with Crippen molar-refractivity contribution in [2.75, 3.05) is 90.9 Å². The van der Waals surface area contributed by atoms with Crippen molar-refractivity contribution in [1.82, 2.24) is 39.8 Å². The van der Waals surface area contributed by atoms with E-state index in [0.29, 0.717) is 100 Å². The van der Waals surface area contributed by atoms with Crippen LogP contribution in [0, 0.1) is 0 Å². The van der Waals surface area contributed by atoms with Gasteiger partial charge in [-0.25, -0.2) is 19.3 Å². The number of piperidine rings is 1. The minimum Gasteiger partial charge on any atom is -0.384 e. The predicted octanol–water partition coefficient (Wildman–Crippen LogP) is 2.76. The highest BCUT2D eigenvalue weighted by Crippen LogP contribution is 2.22. The summed E-state index contributed by atoms with van der Waals surface area (Å²) in [6, 6.07) is 6.19. The van der Waals surface area contributed by atoms with Gasteiger partial charge in [0, 0.05) is 50.9 Å². The number of aliphatic hydroxyl groups is 1. The van der Waals surface area contributed by atoms with E-state index in [-0.39, 0.29) is 24.1 Å². The van der Waals surface area contributed by atoms with Crippen LogP contribution in [0.4, 0.5) is 5.95 Å². The van der Waals surface area contributed by atoms with Gasteiger partial charge in [-0.2, -0.15) is 4.98 Å². The highest BCUT2D eigenvalue weighted by atomic mass is 16.6. The molecule has 0 bridgehead atoms. The quantitative estimate of drug-likeness (QED) is 0.0691. The van der Waals surface area contributed by atoms with Crippen molar-refractivity contribution in [2.24, 2.45) is 0 Å². The summed E-state index contributed by atoms with van der Waals surface area (Å²) in [6.45, 7) is 15.8. The Morgan fingerprint density at radius 1 is 0.929 bits per heavy atom. The molecule has 4 heterocycles. The van der Waals surface area contributed by atoms with Crippen LogP contribution >= 0.6 is 0 Å². The Balaban J connectivity index is 0.901. The van der Waals surface area contributed by atoms with E-state index >= 15 is 0 Å². The number of hydrogen-bond donors (Lipinski definition) is 4. The zero-order chi connectivity index (χ0) is 39.6. The number of amides is 1. The SMILES string of the molecule is C=CCn1c(=O)c2cnc(NC3CCN(CCCNC(=O)CCOCCOCCOCCOCCNC4CCCC4)CC3)nc2n1-c1cccc(C(C)(C)O)n1. The normalized spacial score (nSPS) is 15.8. The molecule has 2 aliphatic rings. The van der Waals surface area contributed by atoms with E-state index in [0.717, 1.165) is 45.4 Å². The van der Waals surface area contributed by atoms with Gasteiger partial charge in [0.1, 0.15) is 11.0 Å². The van der Waals surface area contributed by atoms with Crippen LogP contribution in [-0.4, -0.2) is 138 Å². The lowest BCUT2D eigenvalue weighted by Crippen LogP contribution is -2.40. The number of rotatable bonds is 26. The first-order valence-corrected chi connectivity index (χ1v) is 20.3. The van der Waals surface area contributed by atoms with E-state index in [4.69, 9.17) is 23.9 Å². The number of nitrogens with one attached hydrogen (secondary N) is 3. The molecule has 0 unspecified atom stereocenters. The average molecular weight is 782 g/mol. The first-order chi connectivity index (χ1) is 27.2. The molecule has 310 valence electrons. The van der Waals surface area contributed by atoms with Crippen LogP contribution in [0.3, 0.4) is 0 Å². The largest absolute Gasteiger partial charge is 0.384 e. The number of carbonyl (C=O) groups is 1. The van der Waals surface area contributed by atoms with Crippen molar-refractivity contribution in [3.05, 3.63) is 53.1 Å². The Morgan fingerprint density at radius 3 is 2.29 bits per heavy atom. The molecule has 5 rings (SSSR count). The van der Waals surface area contributed by atoms with Crippen LogP contribution in [0.5, 0.6) is 0 Å². The summed E-state index contributed by atoms with van der Waals surface area (Å²) in [5, 5.41) is 20.9. The van der Waals surface area contributed by atoms with Crippen LogP contribution in [0.2, 0.25) is 0 Å². The smallest absolute Gasteiger partial charge is 0.278 e. The number of hydrogen-bond acceptors (Lipinski definition) is 13. The molecule has 16 nitrogen and oxygen atoms in total. The van der Waals surface area contributed by atoms with E-state index in [1.165, 1.54) is 30.4 Å². The molecule has 16 heteroatoms. The van der Waals surface area contributed by atoms with E-state index in [1.54, 1.807) is 49.0 Å². The molecule has 0 spiro atoms. The van der Waals surface area contributed by atoms with Crippen molar-refractivity contribution in [2.45, 2.75) is 89.4 Å². The molecule has 1 amide bonds. The van der Waals surface area contributed by atoms with Crippen LogP contribution in [-0.2, 0) is 35.9 Å². The fraction of sp³-hybridized carbons (Fsp3) is 0.675. The summed E-state index contributed by atoms with van der Waals surface area (Å²) in [6.07, 6.45) is 11.5. The van der Waals surface area contributed by atoms with Gasteiger partial charge in [-0.1, -0.05) is 25.0 Å². The monoisotopic (exact) mass is 781 g/mol. The van der Waals surface area contributed by atoms with Gasteiger partial charge in [0.2, 0.25) is 11.9 Å².